The van der Waals surface area contributed by atoms with E-state index < -0.39 is 6.10 Å². The Morgan fingerprint density at radius 3 is 3.06 bits per heavy atom. The number of anilines is 1. The predicted octanol–water partition coefficient (Wildman–Crippen LogP) is 2.42. The molecule has 0 saturated heterocycles. The Morgan fingerprint density at radius 2 is 2.28 bits per heavy atom. The van der Waals surface area contributed by atoms with Crippen LogP contribution in [0.4, 0.5) is 5.69 Å². The third kappa shape index (κ3) is 3.19. The van der Waals surface area contributed by atoms with Crippen LogP contribution in [-0.4, -0.2) is 36.5 Å². The molecule has 0 aliphatic carbocycles. The minimum Gasteiger partial charge on any atom is -0.389 e. The van der Waals surface area contributed by atoms with E-state index in [4.69, 9.17) is 4.74 Å². The van der Waals surface area contributed by atoms with Gasteiger partial charge in [-0.1, -0.05) is 15.9 Å². The van der Waals surface area contributed by atoms with Crippen molar-refractivity contribution in [2.75, 3.05) is 25.6 Å². The molecule has 96 valence electrons. The third-order valence-electron chi connectivity index (χ3n) is 2.59. The average molecular weight is 311 g/mol. The molecule has 0 aliphatic heterocycles. The normalized spacial score (nSPS) is 12.6. The molecule has 0 spiro atoms. The Balaban J connectivity index is 2.18. The van der Waals surface area contributed by atoms with Crippen LogP contribution in [0.2, 0.25) is 0 Å². The summed E-state index contributed by atoms with van der Waals surface area (Å²) in [5, 5.41) is 13.9. The summed E-state index contributed by atoms with van der Waals surface area (Å²) < 4.78 is 5.89. The molecule has 0 aliphatic rings. The van der Waals surface area contributed by atoms with Crippen molar-refractivity contribution in [3.8, 4) is 0 Å². The lowest BCUT2D eigenvalue weighted by molar-refractivity contribution is 0.0728. The molecule has 1 unspecified atom stereocenters. The van der Waals surface area contributed by atoms with Gasteiger partial charge in [-0.25, -0.2) is 0 Å². The molecule has 18 heavy (non-hydrogen) atoms. The van der Waals surface area contributed by atoms with Gasteiger partial charge in [-0.2, -0.15) is 0 Å². The van der Waals surface area contributed by atoms with E-state index in [1.807, 2.05) is 24.3 Å². The Hall–Kier alpha value is -1.17. The van der Waals surface area contributed by atoms with Gasteiger partial charge in [0, 0.05) is 35.4 Å². The van der Waals surface area contributed by atoms with Crippen molar-refractivity contribution < 1.29 is 9.84 Å². The maximum Gasteiger partial charge on any atom is 0.0945 e. The first-order chi connectivity index (χ1) is 8.70. The van der Waals surface area contributed by atoms with Crippen molar-refractivity contribution in [2.45, 2.75) is 6.10 Å². The zero-order valence-corrected chi connectivity index (χ0v) is 11.6. The van der Waals surface area contributed by atoms with Gasteiger partial charge in [-0.3, -0.25) is 4.98 Å². The van der Waals surface area contributed by atoms with E-state index in [2.05, 4.69) is 26.2 Å². The smallest absolute Gasteiger partial charge is 0.0945 e. The minimum absolute atomic E-state index is 0.321. The number of nitrogens with one attached hydrogen (secondary N) is 1. The summed E-state index contributed by atoms with van der Waals surface area (Å²) in [6.45, 7) is 0.768. The Labute approximate surface area is 114 Å². The fourth-order valence-corrected chi connectivity index (χ4v) is 2.10. The van der Waals surface area contributed by atoms with Crippen molar-refractivity contribution in [3.05, 3.63) is 34.9 Å². The van der Waals surface area contributed by atoms with Crippen LogP contribution in [0.5, 0.6) is 0 Å². The molecule has 5 heteroatoms. The quantitative estimate of drug-likeness (QED) is 0.890. The van der Waals surface area contributed by atoms with Gasteiger partial charge in [-0.05, 0) is 24.3 Å². The molecule has 1 aromatic carbocycles. The maximum absolute atomic E-state index is 9.62. The van der Waals surface area contributed by atoms with E-state index in [0.29, 0.717) is 13.2 Å². The number of benzene rings is 1. The fraction of sp³-hybridized carbons (Fsp3) is 0.308. The second-order valence-electron chi connectivity index (χ2n) is 4.01. The van der Waals surface area contributed by atoms with Crippen LogP contribution in [-0.2, 0) is 4.74 Å². The summed E-state index contributed by atoms with van der Waals surface area (Å²) in [5.74, 6) is 0. The van der Waals surface area contributed by atoms with E-state index in [9.17, 15) is 5.11 Å². The molecule has 0 saturated carbocycles. The number of hydrogen-bond acceptors (Lipinski definition) is 4. The number of halogens is 1. The van der Waals surface area contributed by atoms with Crippen molar-refractivity contribution in [2.24, 2.45) is 0 Å². The third-order valence-corrected chi connectivity index (χ3v) is 3.09. The largest absolute Gasteiger partial charge is 0.389 e. The Kier molecular flexibility index (Phi) is 4.52. The first-order valence-electron chi connectivity index (χ1n) is 5.66. The number of methoxy groups -OCH3 is 1. The number of hydrogen-bond donors (Lipinski definition) is 2. The molecule has 0 fully saturated rings. The van der Waals surface area contributed by atoms with E-state index in [0.717, 1.165) is 21.1 Å². The molecule has 1 atom stereocenters. The number of rotatable bonds is 5. The van der Waals surface area contributed by atoms with Crippen LogP contribution in [0.15, 0.2) is 34.9 Å². The predicted molar refractivity (Wildman–Crippen MR) is 75.8 cm³/mol. The molecule has 1 aromatic heterocycles. The monoisotopic (exact) mass is 310 g/mol. The Bertz CT molecular complexity index is 533. The van der Waals surface area contributed by atoms with Gasteiger partial charge in [0.05, 0.1) is 18.2 Å². The summed E-state index contributed by atoms with van der Waals surface area (Å²) in [7, 11) is 1.57. The number of aliphatic hydroxyl groups excluding tert-OH is 1. The Morgan fingerprint density at radius 1 is 1.44 bits per heavy atom. The molecular formula is C13H15BrN2O2. The molecule has 0 bridgehead atoms. The van der Waals surface area contributed by atoms with Crippen LogP contribution < -0.4 is 5.32 Å². The van der Waals surface area contributed by atoms with Crippen LogP contribution in [0.1, 0.15) is 0 Å². The summed E-state index contributed by atoms with van der Waals surface area (Å²) >= 11 is 3.42. The SMILES string of the molecule is COCC(O)CNc1ccnc2cc(Br)ccc12. The number of aromatic nitrogens is 1. The second-order valence-corrected chi connectivity index (χ2v) is 4.93. The van der Waals surface area contributed by atoms with Crippen LogP contribution in [0.3, 0.4) is 0 Å². The second kappa shape index (κ2) is 6.13. The maximum atomic E-state index is 9.62. The summed E-state index contributed by atoms with van der Waals surface area (Å²) in [6.07, 6.45) is 1.23. The average Bonchev–Trinajstić information content (AvgIpc) is 2.36. The first-order valence-corrected chi connectivity index (χ1v) is 6.45. The van der Waals surface area contributed by atoms with E-state index in [1.54, 1.807) is 13.3 Å². The molecule has 2 rings (SSSR count). The molecule has 4 nitrogen and oxygen atoms in total. The summed E-state index contributed by atoms with van der Waals surface area (Å²) in [4.78, 5) is 4.31. The molecule has 2 aromatic rings. The number of nitrogens with zero attached hydrogens (tertiary/aromatic N) is 1. The van der Waals surface area contributed by atoms with Gasteiger partial charge < -0.3 is 15.2 Å². The van der Waals surface area contributed by atoms with Crippen molar-refractivity contribution in [1.82, 2.24) is 4.98 Å². The molecular weight excluding hydrogens is 296 g/mol. The summed E-state index contributed by atoms with van der Waals surface area (Å²) in [5.41, 5.74) is 1.87. The lowest BCUT2D eigenvalue weighted by Gasteiger charge is -2.13. The number of pyridine rings is 1. The van der Waals surface area contributed by atoms with E-state index >= 15 is 0 Å². The number of ether oxygens (including phenoxy) is 1. The standard InChI is InChI=1S/C13H15BrN2O2/c1-18-8-10(17)7-16-12-4-5-15-13-6-9(14)2-3-11(12)13/h2-6,10,17H,7-8H2,1H3,(H,15,16). The van der Waals surface area contributed by atoms with Crippen molar-refractivity contribution >= 4 is 32.5 Å². The van der Waals surface area contributed by atoms with Gasteiger partial charge >= 0.3 is 0 Å². The number of aliphatic hydroxyl groups is 1. The zero-order valence-electron chi connectivity index (χ0n) is 10.1. The van der Waals surface area contributed by atoms with Gasteiger partial charge in [0.2, 0.25) is 0 Å². The minimum atomic E-state index is -0.520. The van der Waals surface area contributed by atoms with Crippen molar-refractivity contribution in [3.63, 3.8) is 0 Å². The lowest BCUT2D eigenvalue weighted by atomic mass is 10.2. The highest BCUT2D eigenvalue weighted by Crippen LogP contribution is 2.24. The number of fused-ring (bicyclic) bond motifs is 1. The highest BCUT2D eigenvalue weighted by molar-refractivity contribution is 9.10. The van der Waals surface area contributed by atoms with E-state index in [-0.39, 0.29) is 0 Å². The summed E-state index contributed by atoms with van der Waals surface area (Å²) in [6, 6.07) is 7.83. The first kappa shape index (κ1) is 13.3. The zero-order chi connectivity index (χ0) is 13.0. The molecule has 2 N–H and O–H groups in total. The van der Waals surface area contributed by atoms with Gasteiger partial charge in [0.15, 0.2) is 0 Å². The van der Waals surface area contributed by atoms with Crippen LogP contribution in [0, 0.1) is 0 Å². The molecule has 0 amide bonds. The molecule has 1 heterocycles. The fourth-order valence-electron chi connectivity index (χ4n) is 1.75. The van der Waals surface area contributed by atoms with Gasteiger partial charge in [0.25, 0.3) is 0 Å². The van der Waals surface area contributed by atoms with Crippen LogP contribution in [0.25, 0.3) is 10.9 Å². The highest BCUT2D eigenvalue weighted by atomic mass is 79.9. The topological polar surface area (TPSA) is 54.4 Å². The van der Waals surface area contributed by atoms with Crippen molar-refractivity contribution in [1.29, 1.82) is 0 Å². The van der Waals surface area contributed by atoms with Crippen LogP contribution >= 0.6 is 15.9 Å². The van der Waals surface area contributed by atoms with Gasteiger partial charge in [0.1, 0.15) is 0 Å². The van der Waals surface area contributed by atoms with E-state index in [1.165, 1.54) is 0 Å². The van der Waals surface area contributed by atoms with Gasteiger partial charge in [-0.15, -0.1) is 0 Å². The lowest BCUT2D eigenvalue weighted by Crippen LogP contribution is -2.24. The highest BCUT2D eigenvalue weighted by Gasteiger charge is 2.06. The molecule has 0 radical (unpaired) electrons.